The van der Waals surface area contributed by atoms with Crippen LogP contribution in [-0.2, 0) is 13.0 Å². The van der Waals surface area contributed by atoms with Gasteiger partial charge in [0.1, 0.15) is 0 Å². The summed E-state index contributed by atoms with van der Waals surface area (Å²) in [5.41, 5.74) is 4.01. The third-order valence-electron chi connectivity index (χ3n) is 3.46. The highest BCUT2D eigenvalue weighted by Crippen LogP contribution is 2.06. The maximum Gasteiger partial charge on any atom is 0.186 e. The fourth-order valence-corrected chi connectivity index (χ4v) is 2.41. The van der Waals surface area contributed by atoms with Crippen molar-refractivity contribution in [2.24, 2.45) is 0 Å². The van der Waals surface area contributed by atoms with E-state index < -0.39 is 0 Å². The zero-order valence-electron chi connectivity index (χ0n) is 11.8. The first kappa shape index (κ1) is 15.3. The third-order valence-corrected chi connectivity index (χ3v) is 3.46. The van der Waals surface area contributed by atoms with Crippen molar-refractivity contribution in [1.82, 2.24) is 0 Å². The first-order valence-corrected chi connectivity index (χ1v) is 6.97. The molecule has 0 fully saturated rings. The fraction of sp³-hybridized carbons (Fsp3) is 0.105. The Morgan fingerprint density at radius 1 is 0.619 bits per heavy atom. The number of aromatic nitrogens is 1. The van der Waals surface area contributed by atoms with Gasteiger partial charge < -0.3 is 12.4 Å². The van der Waals surface area contributed by atoms with E-state index in [1.807, 2.05) is 0 Å². The summed E-state index contributed by atoms with van der Waals surface area (Å²) in [5, 5.41) is 0. The van der Waals surface area contributed by atoms with Crippen molar-refractivity contribution in [1.29, 1.82) is 0 Å². The molecule has 0 saturated carbocycles. The molecule has 0 N–H and O–H groups in total. The molecule has 3 aromatic rings. The second-order valence-electron chi connectivity index (χ2n) is 4.97. The van der Waals surface area contributed by atoms with Crippen LogP contribution in [0.3, 0.4) is 0 Å². The second-order valence-corrected chi connectivity index (χ2v) is 4.97. The Morgan fingerprint density at radius 2 is 1.19 bits per heavy atom. The number of benzene rings is 2. The van der Waals surface area contributed by atoms with E-state index in [0.29, 0.717) is 0 Å². The van der Waals surface area contributed by atoms with Crippen molar-refractivity contribution in [3.63, 3.8) is 0 Å². The van der Waals surface area contributed by atoms with Gasteiger partial charge in [-0.2, -0.15) is 4.57 Å². The van der Waals surface area contributed by atoms with Crippen molar-refractivity contribution in [3.8, 4) is 0 Å². The maximum absolute atomic E-state index is 2.32. The summed E-state index contributed by atoms with van der Waals surface area (Å²) in [7, 11) is 0. The molecule has 0 atom stereocenters. The van der Waals surface area contributed by atoms with E-state index >= 15 is 0 Å². The molecule has 2 heteroatoms. The number of rotatable bonds is 4. The Hall–Kier alpha value is -2.12. The van der Waals surface area contributed by atoms with E-state index in [1.165, 1.54) is 16.8 Å². The van der Waals surface area contributed by atoms with Gasteiger partial charge in [-0.15, -0.1) is 0 Å². The van der Waals surface area contributed by atoms with Crippen LogP contribution >= 0.6 is 0 Å². The Kier molecular flexibility index (Phi) is 5.53. The van der Waals surface area contributed by atoms with E-state index in [4.69, 9.17) is 0 Å². The normalized spacial score (nSPS) is 9.90. The van der Waals surface area contributed by atoms with Gasteiger partial charge in [0.2, 0.25) is 0 Å². The van der Waals surface area contributed by atoms with Crippen LogP contribution < -0.4 is 17.0 Å². The highest BCUT2D eigenvalue weighted by Gasteiger charge is 2.10. The van der Waals surface area contributed by atoms with Gasteiger partial charge >= 0.3 is 0 Å². The minimum absolute atomic E-state index is 0. The number of pyridine rings is 1. The molecule has 0 bridgehead atoms. The molecule has 0 unspecified atom stereocenters. The van der Waals surface area contributed by atoms with Crippen LogP contribution in [0.4, 0.5) is 0 Å². The van der Waals surface area contributed by atoms with Gasteiger partial charge in [0.05, 0.1) is 6.42 Å². The maximum atomic E-state index is 2.32. The fourth-order valence-electron chi connectivity index (χ4n) is 2.41. The topological polar surface area (TPSA) is 3.88 Å². The molecule has 1 nitrogen and oxygen atoms in total. The van der Waals surface area contributed by atoms with E-state index in [1.54, 1.807) is 0 Å². The lowest BCUT2D eigenvalue weighted by molar-refractivity contribution is -0.695. The third kappa shape index (κ3) is 4.17. The molecule has 3 rings (SSSR count). The lowest BCUT2D eigenvalue weighted by Crippen LogP contribution is -3.00. The summed E-state index contributed by atoms with van der Waals surface area (Å²) in [4.78, 5) is 0. The summed E-state index contributed by atoms with van der Waals surface area (Å²) in [6.07, 6.45) is 3.12. The predicted octanol–water partition coefficient (Wildman–Crippen LogP) is 0.617. The molecule has 21 heavy (non-hydrogen) atoms. The first-order chi connectivity index (χ1) is 9.92. The number of nitrogens with zero attached hydrogens (tertiary/aromatic N) is 1. The standard InChI is InChI=1S/C19H18N.ClH/c1-3-9-17(10-4-1)15-19-13-7-8-14-20(19)16-18-11-5-2-6-12-18;/h1-14H,15-16H2;1H/q+1;/p-1. The smallest absolute Gasteiger partial charge is 0.186 e. The Bertz CT molecular complexity index is 605. The molecule has 0 aliphatic heterocycles. The van der Waals surface area contributed by atoms with Crippen LogP contribution in [0.25, 0.3) is 0 Å². The molecule has 0 amide bonds. The van der Waals surface area contributed by atoms with Crippen molar-refractivity contribution in [3.05, 3.63) is 102 Å². The number of hydrogen-bond donors (Lipinski definition) is 0. The summed E-state index contributed by atoms with van der Waals surface area (Å²) in [5.74, 6) is 0. The number of halogens is 1. The Balaban J connectivity index is 0.00000161. The molecular formula is C19H18ClN. The van der Waals surface area contributed by atoms with Crippen molar-refractivity contribution in [2.75, 3.05) is 0 Å². The van der Waals surface area contributed by atoms with E-state index in [-0.39, 0.29) is 12.4 Å². The molecule has 0 radical (unpaired) electrons. The molecule has 0 spiro atoms. The summed E-state index contributed by atoms with van der Waals surface area (Å²) < 4.78 is 2.32. The quantitative estimate of drug-likeness (QED) is 0.621. The molecule has 2 aromatic carbocycles. The van der Waals surface area contributed by atoms with Crippen molar-refractivity contribution >= 4 is 0 Å². The Labute approximate surface area is 132 Å². The van der Waals surface area contributed by atoms with Crippen molar-refractivity contribution in [2.45, 2.75) is 13.0 Å². The van der Waals surface area contributed by atoms with Gasteiger partial charge in [-0.1, -0.05) is 66.7 Å². The van der Waals surface area contributed by atoms with Crippen molar-refractivity contribution < 1.29 is 17.0 Å². The van der Waals surface area contributed by atoms with Crippen LogP contribution in [0.1, 0.15) is 16.8 Å². The van der Waals surface area contributed by atoms with Gasteiger partial charge in [-0.3, -0.25) is 0 Å². The van der Waals surface area contributed by atoms with Gasteiger partial charge in [0, 0.05) is 17.7 Å². The second kappa shape index (κ2) is 7.61. The molecule has 1 heterocycles. The van der Waals surface area contributed by atoms with Crippen LogP contribution in [0.15, 0.2) is 85.1 Å². The van der Waals surface area contributed by atoms with Gasteiger partial charge in [0.15, 0.2) is 18.4 Å². The lowest BCUT2D eigenvalue weighted by atomic mass is 10.1. The zero-order valence-corrected chi connectivity index (χ0v) is 12.6. The summed E-state index contributed by atoms with van der Waals surface area (Å²) in [6.45, 7) is 0.920. The van der Waals surface area contributed by atoms with Gasteiger partial charge in [-0.25, -0.2) is 0 Å². The zero-order chi connectivity index (χ0) is 13.6. The summed E-state index contributed by atoms with van der Waals surface area (Å²) >= 11 is 0. The molecular weight excluding hydrogens is 278 g/mol. The molecule has 0 aliphatic rings. The monoisotopic (exact) mass is 295 g/mol. The minimum atomic E-state index is 0. The molecule has 1 aromatic heterocycles. The minimum Gasteiger partial charge on any atom is -1.00 e. The Morgan fingerprint density at radius 3 is 1.86 bits per heavy atom. The predicted molar refractivity (Wildman–Crippen MR) is 81.4 cm³/mol. The molecule has 0 saturated heterocycles. The number of hydrogen-bond acceptors (Lipinski definition) is 0. The SMILES string of the molecule is [Cl-].c1ccc(Cc2cccc[n+]2Cc2ccccc2)cc1. The summed E-state index contributed by atoms with van der Waals surface area (Å²) in [6, 6.07) is 27.6. The molecule has 106 valence electrons. The average molecular weight is 296 g/mol. The van der Waals surface area contributed by atoms with Gasteiger partial charge in [-0.05, 0) is 5.56 Å². The highest BCUT2D eigenvalue weighted by molar-refractivity contribution is 5.20. The average Bonchev–Trinajstić information content (AvgIpc) is 2.51. The largest absolute Gasteiger partial charge is 1.00 e. The van der Waals surface area contributed by atoms with Crippen LogP contribution in [-0.4, -0.2) is 0 Å². The highest BCUT2D eigenvalue weighted by atomic mass is 35.5. The van der Waals surface area contributed by atoms with E-state index in [2.05, 4.69) is 89.6 Å². The molecule has 0 aliphatic carbocycles. The van der Waals surface area contributed by atoms with Crippen LogP contribution in [0.2, 0.25) is 0 Å². The first-order valence-electron chi connectivity index (χ1n) is 6.97. The van der Waals surface area contributed by atoms with Crippen LogP contribution in [0, 0.1) is 0 Å². The van der Waals surface area contributed by atoms with E-state index in [9.17, 15) is 0 Å². The van der Waals surface area contributed by atoms with E-state index in [0.717, 1.165) is 13.0 Å². The lowest BCUT2D eigenvalue weighted by Gasteiger charge is -2.04. The van der Waals surface area contributed by atoms with Crippen LogP contribution in [0.5, 0.6) is 0 Å². The van der Waals surface area contributed by atoms with Gasteiger partial charge in [0.25, 0.3) is 0 Å².